The third-order valence-corrected chi connectivity index (χ3v) is 2.22. The minimum atomic E-state index is -0.457. The van der Waals surface area contributed by atoms with Crippen molar-refractivity contribution in [2.24, 2.45) is 0 Å². The normalized spacial score (nSPS) is 21.5. The molecular formula is C6H10Cl2. The maximum Gasteiger partial charge on any atom is 0.0755 e. The van der Waals surface area contributed by atoms with Crippen LogP contribution in [0.5, 0.6) is 0 Å². The van der Waals surface area contributed by atoms with E-state index in [0.717, 1.165) is 0 Å². The molecule has 0 fully saturated rings. The second kappa shape index (κ2) is 2.75. The van der Waals surface area contributed by atoms with Gasteiger partial charge in [0.1, 0.15) is 0 Å². The Morgan fingerprint density at radius 3 is 2.12 bits per heavy atom. The molecule has 0 nitrogen and oxygen atoms in total. The first-order valence-electron chi connectivity index (χ1n) is 2.47. The molecule has 0 aromatic rings. The van der Waals surface area contributed by atoms with E-state index in [2.05, 4.69) is 6.58 Å². The summed E-state index contributed by atoms with van der Waals surface area (Å²) in [5.41, 5.74) is 0. The third kappa shape index (κ3) is 2.06. The van der Waals surface area contributed by atoms with Crippen LogP contribution in [0.15, 0.2) is 12.7 Å². The topological polar surface area (TPSA) is 0 Å². The third-order valence-electron chi connectivity index (χ3n) is 1.18. The lowest BCUT2D eigenvalue weighted by Gasteiger charge is -2.18. The van der Waals surface area contributed by atoms with Crippen molar-refractivity contribution in [2.45, 2.75) is 24.1 Å². The van der Waals surface area contributed by atoms with Crippen molar-refractivity contribution in [3.63, 3.8) is 0 Å². The minimum Gasteiger partial charge on any atom is -0.121 e. The lowest BCUT2D eigenvalue weighted by molar-refractivity contribution is 0.753. The zero-order valence-electron chi connectivity index (χ0n) is 5.12. The zero-order valence-corrected chi connectivity index (χ0v) is 6.63. The molecule has 0 bridgehead atoms. The van der Waals surface area contributed by atoms with Crippen molar-refractivity contribution in [1.29, 1.82) is 0 Å². The molecule has 48 valence electrons. The molecule has 2 atom stereocenters. The summed E-state index contributed by atoms with van der Waals surface area (Å²) in [4.78, 5) is -0.457. The van der Waals surface area contributed by atoms with Gasteiger partial charge in [-0.1, -0.05) is 6.08 Å². The van der Waals surface area contributed by atoms with Crippen LogP contribution in [0.25, 0.3) is 0 Å². The molecule has 0 unspecified atom stereocenters. The first kappa shape index (κ1) is 8.32. The fourth-order valence-electron chi connectivity index (χ4n) is 0.162. The predicted octanol–water partition coefficient (Wildman–Crippen LogP) is 2.80. The van der Waals surface area contributed by atoms with E-state index >= 15 is 0 Å². The first-order valence-corrected chi connectivity index (χ1v) is 3.28. The Balaban J connectivity index is 3.90. The van der Waals surface area contributed by atoms with E-state index in [4.69, 9.17) is 23.2 Å². The van der Waals surface area contributed by atoms with Crippen LogP contribution in [0, 0.1) is 0 Å². The van der Waals surface area contributed by atoms with Gasteiger partial charge in [-0.2, -0.15) is 0 Å². The van der Waals surface area contributed by atoms with E-state index in [9.17, 15) is 0 Å². The summed E-state index contributed by atoms with van der Waals surface area (Å²) in [6.07, 6.45) is 1.65. The maximum absolute atomic E-state index is 5.81. The van der Waals surface area contributed by atoms with Crippen LogP contribution in [-0.4, -0.2) is 10.3 Å². The van der Waals surface area contributed by atoms with Crippen molar-refractivity contribution in [3.8, 4) is 0 Å². The van der Waals surface area contributed by atoms with Crippen LogP contribution < -0.4 is 0 Å². The SMILES string of the molecule is C=C[C@](C)(Cl)[C@@H](C)Cl. The Hall–Kier alpha value is 0.320. The molecule has 0 N–H and O–H groups in total. The van der Waals surface area contributed by atoms with Crippen LogP contribution in [0.2, 0.25) is 0 Å². The molecule has 2 heteroatoms. The van der Waals surface area contributed by atoms with E-state index in [1.807, 2.05) is 13.8 Å². The van der Waals surface area contributed by atoms with Crippen molar-refractivity contribution < 1.29 is 0 Å². The van der Waals surface area contributed by atoms with Gasteiger partial charge in [0.2, 0.25) is 0 Å². The van der Waals surface area contributed by atoms with Crippen molar-refractivity contribution in [3.05, 3.63) is 12.7 Å². The molecule has 0 rings (SSSR count). The van der Waals surface area contributed by atoms with Gasteiger partial charge < -0.3 is 0 Å². The van der Waals surface area contributed by atoms with Gasteiger partial charge in [-0.25, -0.2) is 0 Å². The van der Waals surface area contributed by atoms with Crippen LogP contribution in [-0.2, 0) is 0 Å². The summed E-state index contributed by atoms with van der Waals surface area (Å²) in [6, 6.07) is 0. The maximum atomic E-state index is 5.81. The predicted molar refractivity (Wildman–Crippen MR) is 39.8 cm³/mol. The van der Waals surface area contributed by atoms with E-state index in [1.54, 1.807) is 6.08 Å². The highest BCUT2D eigenvalue weighted by molar-refractivity contribution is 6.33. The van der Waals surface area contributed by atoms with Gasteiger partial charge in [-0.05, 0) is 13.8 Å². The van der Waals surface area contributed by atoms with Crippen LogP contribution in [0.1, 0.15) is 13.8 Å². The summed E-state index contributed by atoms with van der Waals surface area (Å²) in [7, 11) is 0. The average molecular weight is 153 g/mol. The largest absolute Gasteiger partial charge is 0.121 e. The van der Waals surface area contributed by atoms with E-state index < -0.39 is 4.87 Å². The highest BCUT2D eigenvalue weighted by Crippen LogP contribution is 2.24. The number of rotatable bonds is 2. The van der Waals surface area contributed by atoms with Crippen molar-refractivity contribution in [2.75, 3.05) is 0 Å². The molecular weight excluding hydrogens is 143 g/mol. The summed E-state index contributed by atoms with van der Waals surface area (Å²) in [5, 5.41) is -0.0679. The first-order chi connectivity index (χ1) is 3.50. The molecule has 0 spiro atoms. The quantitative estimate of drug-likeness (QED) is 0.422. The van der Waals surface area contributed by atoms with Crippen LogP contribution >= 0.6 is 23.2 Å². The minimum absolute atomic E-state index is 0.0679. The molecule has 0 aromatic carbocycles. The highest BCUT2D eigenvalue weighted by atomic mass is 35.5. The van der Waals surface area contributed by atoms with Crippen molar-refractivity contribution >= 4 is 23.2 Å². The Kier molecular flexibility index (Phi) is 2.86. The molecule has 0 aliphatic carbocycles. The second-order valence-corrected chi connectivity index (χ2v) is 3.44. The van der Waals surface area contributed by atoms with Crippen LogP contribution in [0.4, 0.5) is 0 Å². The van der Waals surface area contributed by atoms with E-state index in [0.29, 0.717) is 0 Å². The lowest BCUT2D eigenvalue weighted by atomic mass is 10.1. The monoisotopic (exact) mass is 152 g/mol. The molecule has 0 saturated heterocycles. The lowest BCUT2D eigenvalue weighted by Crippen LogP contribution is -2.23. The summed E-state index contributed by atoms with van der Waals surface area (Å²) in [6.45, 7) is 7.21. The number of alkyl halides is 2. The molecule has 0 radical (unpaired) electrons. The smallest absolute Gasteiger partial charge is 0.0755 e. The second-order valence-electron chi connectivity index (χ2n) is 1.97. The van der Waals surface area contributed by atoms with Gasteiger partial charge >= 0.3 is 0 Å². The number of allylic oxidation sites excluding steroid dienone is 1. The average Bonchev–Trinajstić information content (AvgIpc) is 1.67. The molecule has 0 aromatic heterocycles. The van der Waals surface area contributed by atoms with Crippen molar-refractivity contribution in [1.82, 2.24) is 0 Å². The van der Waals surface area contributed by atoms with E-state index in [1.165, 1.54) is 0 Å². The Bertz CT molecular complexity index is 84.5. The standard InChI is InChI=1S/C6H10Cl2/c1-4-6(3,8)5(2)7/h4-5H,1H2,2-3H3/t5-,6+/m1/s1. The Morgan fingerprint density at radius 2 is 2.12 bits per heavy atom. The number of halogens is 2. The highest BCUT2D eigenvalue weighted by Gasteiger charge is 2.21. The van der Waals surface area contributed by atoms with Gasteiger partial charge in [0.05, 0.1) is 10.3 Å². The summed E-state index contributed by atoms with van der Waals surface area (Å²) < 4.78 is 0. The van der Waals surface area contributed by atoms with Gasteiger partial charge in [-0.15, -0.1) is 29.8 Å². The number of hydrogen-bond acceptors (Lipinski definition) is 0. The zero-order chi connectivity index (χ0) is 6.78. The summed E-state index contributed by atoms with van der Waals surface area (Å²) >= 11 is 11.5. The van der Waals surface area contributed by atoms with Crippen LogP contribution in [0.3, 0.4) is 0 Å². The number of hydrogen-bond donors (Lipinski definition) is 0. The molecule has 0 amide bonds. The van der Waals surface area contributed by atoms with Gasteiger partial charge in [-0.3, -0.25) is 0 Å². The fraction of sp³-hybridized carbons (Fsp3) is 0.667. The molecule has 0 aliphatic heterocycles. The molecule has 0 heterocycles. The molecule has 8 heavy (non-hydrogen) atoms. The summed E-state index contributed by atoms with van der Waals surface area (Å²) in [5.74, 6) is 0. The molecule has 0 aliphatic rings. The fourth-order valence-corrected chi connectivity index (χ4v) is 0.251. The van der Waals surface area contributed by atoms with Gasteiger partial charge in [0.25, 0.3) is 0 Å². The van der Waals surface area contributed by atoms with E-state index in [-0.39, 0.29) is 5.38 Å². The Morgan fingerprint density at radius 1 is 1.75 bits per heavy atom. The van der Waals surface area contributed by atoms with Gasteiger partial charge in [0.15, 0.2) is 0 Å². The Labute approximate surface area is 60.5 Å². The molecule has 0 saturated carbocycles. The van der Waals surface area contributed by atoms with Gasteiger partial charge in [0, 0.05) is 0 Å².